The third kappa shape index (κ3) is 4.96. The smallest absolute Gasteiger partial charge is 0.131 e. The monoisotopic (exact) mass is 426 g/mol. The van der Waals surface area contributed by atoms with Crippen LogP contribution >= 0.6 is 31.9 Å². The number of hydrogen-bond donors (Lipinski definition) is 0. The Hall–Kier alpha value is -1.13. The highest BCUT2D eigenvalue weighted by Crippen LogP contribution is 2.26. The van der Waals surface area contributed by atoms with Gasteiger partial charge in [0.25, 0.3) is 0 Å². The summed E-state index contributed by atoms with van der Waals surface area (Å²) in [6, 6.07) is 13.0. The van der Waals surface area contributed by atoms with Gasteiger partial charge in [-0.15, -0.1) is 0 Å². The van der Waals surface area contributed by atoms with Crippen molar-refractivity contribution < 1.29 is 9.13 Å². The molecule has 0 aliphatic rings. The SMILES string of the molecule is CCCCOc1ccc(-c2ccc(C=C(Br)Br)c(F)c2)cc1. The van der Waals surface area contributed by atoms with Crippen LogP contribution in [0.15, 0.2) is 45.9 Å². The standard InChI is InChI=1S/C18H17Br2FO/c1-2-3-10-22-16-8-6-13(7-9-16)14-4-5-15(12-18(19)20)17(21)11-14/h4-9,11-12H,2-3,10H2,1H3. The third-order valence-electron chi connectivity index (χ3n) is 3.22. The lowest BCUT2D eigenvalue weighted by atomic mass is 10.0. The number of benzene rings is 2. The Balaban J connectivity index is 2.15. The minimum Gasteiger partial charge on any atom is -0.494 e. The van der Waals surface area contributed by atoms with E-state index < -0.39 is 0 Å². The van der Waals surface area contributed by atoms with E-state index in [1.807, 2.05) is 30.3 Å². The van der Waals surface area contributed by atoms with Crippen LogP contribution in [0, 0.1) is 5.82 Å². The lowest BCUT2D eigenvalue weighted by Crippen LogP contribution is -1.96. The molecule has 0 saturated carbocycles. The van der Waals surface area contributed by atoms with Crippen LogP contribution in [0.4, 0.5) is 4.39 Å². The summed E-state index contributed by atoms with van der Waals surface area (Å²) >= 11 is 6.48. The predicted octanol–water partition coefficient (Wildman–Crippen LogP) is 6.76. The van der Waals surface area contributed by atoms with Crippen molar-refractivity contribution in [2.24, 2.45) is 0 Å². The zero-order valence-electron chi connectivity index (χ0n) is 12.3. The predicted molar refractivity (Wildman–Crippen MR) is 98.1 cm³/mol. The van der Waals surface area contributed by atoms with Crippen LogP contribution in [-0.4, -0.2) is 6.61 Å². The summed E-state index contributed by atoms with van der Waals surface area (Å²) in [6.45, 7) is 2.86. The number of hydrogen-bond acceptors (Lipinski definition) is 1. The first-order chi connectivity index (χ1) is 10.6. The van der Waals surface area contributed by atoms with Crippen molar-refractivity contribution in [3.8, 4) is 16.9 Å². The van der Waals surface area contributed by atoms with Gasteiger partial charge >= 0.3 is 0 Å². The van der Waals surface area contributed by atoms with Gasteiger partial charge in [-0.3, -0.25) is 0 Å². The number of rotatable bonds is 6. The highest BCUT2D eigenvalue weighted by atomic mass is 79.9. The molecule has 2 aromatic carbocycles. The average Bonchev–Trinajstić information content (AvgIpc) is 2.50. The highest BCUT2D eigenvalue weighted by molar-refractivity contribution is 9.28. The molecule has 0 saturated heterocycles. The molecule has 22 heavy (non-hydrogen) atoms. The molecule has 0 bridgehead atoms. The maximum Gasteiger partial charge on any atom is 0.131 e. The molecule has 0 atom stereocenters. The van der Waals surface area contributed by atoms with Crippen molar-refractivity contribution in [3.63, 3.8) is 0 Å². The minimum absolute atomic E-state index is 0.253. The van der Waals surface area contributed by atoms with E-state index in [4.69, 9.17) is 4.74 Å². The molecular weight excluding hydrogens is 411 g/mol. The molecule has 0 amide bonds. The van der Waals surface area contributed by atoms with Crippen LogP contribution in [0.3, 0.4) is 0 Å². The first kappa shape index (κ1) is 17.2. The lowest BCUT2D eigenvalue weighted by Gasteiger charge is -2.07. The van der Waals surface area contributed by atoms with Crippen LogP contribution in [0.25, 0.3) is 17.2 Å². The molecule has 0 aliphatic heterocycles. The van der Waals surface area contributed by atoms with E-state index in [2.05, 4.69) is 38.8 Å². The highest BCUT2D eigenvalue weighted by Gasteiger charge is 2.04. The van der Waals surface area contributed by atoms with Crippen molar-refractivity contribution in [2.75, 3.05) is 6.61 Å². The summed E-state index contributed by atoms with van der Waals surface area (Å²) in [5.41, 5.74) is 2.35. The quantitative estimate of drug-likeness (QED) is 0.462. The minimum atomic E-state index is -0.253. The number of unbranched alkanes of at least 4 members (excludes halogenated alkanes) is 1. The molecule has 1 nitrogen and oxygen atoms in total. The van der Waals surface area contributed by atoms with Gasteiger partial charge in [0.15, 0.2) is 0 Å². The van der Waals surface area contributed by atoms with E-state index in [0.717, 1.165) is 36.3 Å². The van der Waals surface area contributed by atoms with E-state index in [0.29, 0.717) is 8.96 Å². The van der Waals surface area contributed by atoms with Gasteiger partial charge in [0.1, 0.15) is 11.6 Å². The fraction of sp³-hybridized carbons (Fsp3) is 0.222. The zero-order chi connectivity index (χ0) is 15.9. The fourth-order valence-electron chi connectivity index (χ4n) is 2.02. The van der Waals surface area contributed by atoms with Crippen LogP contribution < -0.4 is 4.74 Å². The summed E-state index contributed by atoms with van der Waals surface area (Å²) in [5, 5.41) is 0. The maximum atomic E-state index is 14.1. The van der Waals surface area contributed by atoms with Gasteiger partial charge in [0.2, 0.25) is 0 Å². The van der Waals surface area contributed by atoms with Crippen molar-refractivity contribution in [1.82, 2.24) is 0 Å². The topological polar surface area (TPSA) is 9.23 Å². The van der Waals surface area contributed by atoms with Crippen molar-refractivity contribution in [2.45, 2.75) is 19.8 Å². The molecule has 0 aliphatic carbocycles. The summed E-state index contributed by atoms with van der Waals surface area (Å²) in [4.78, 5) is 0. The van der Waals surface area contributed by atoms with Gasteiger partial charge in [-0.2, -0.15) is 0 Å². The lowest BCUT2D eigenvalue weighted by molar-refractivity contribution is 0.309. The van der Waals surface area contributed by atoms with Gasteiger partial charge in [-0.05, 0) is 73.7 Å². The van der Waals surface area contributed by atoms with Crippen molar-refractivity contribution in [3.05, 3.63) is 57.2 Å². The first-order valence-electron chi connectivity index (χ1n) is 7.15. The fourth-order valence-corrected chi connectivity index (χ4v) is 2.51. The molecule has 0 N–H and O–H groups in total. The van der Waals surface area contributed by atoms with Crippen LogP contribution in [0.1, 0.15) is 25.3 Å². The van der Waals surface area contributed by atoms with E-state index in [-0.39, 0.29) is 5.82 Å². The molecule has 116 valence electrons. The Morgan fingerprint density at radius 3 is 2.36 bits per heavy atom. The summed E-state index contributed by atoms with van der Waals surface area (Å²) in [6.07, 6.45) is 3.84. The molecule has 0 spiro atoms. The Bertz CT molecular complexity index is 647. The Morgan fingerprint density at radius 1 is 1.09 bits per heavy atom. The van der Waals surface area contributed by atoms with E-state index in [1.54, 1.807) is 18.2 Å². The zero-order valence-corrected chi connectivity index (χ0v) is 15.5. The molecule has 2 aromatic rings. The van der Waals surface area contributed by atoms with Crippen LogP contribution in [-0.2, 0) is 0 Å². The van der Waals surface area contributed by atoms with Gasteiger partial charge in [0.05, 0.1) is 10.00 Å². The number of ether oxygens (including phenoxy) is 1. The molecule has 0 fully saturated rings. The largest absolute Gasteiger partial charge is 0.494 e. The van der Waals surface area contributed by atoms with E-state index in [1.165, 1.54) is 0 Å². The maximum absolute atomic E-state index is 14.1. The molecule has 0 radical (unpaired) electrons. The van der Waals surface area contributed by atoms with Gasteiger partial charge < -0.3 is 4.74 Å². The Kier molecular flexibility index (Phi) is 6.65. The summed E-state index contributed by atoms with van der Waals surface area (Å²) in [5.74, 6) is 0.595. The second-order valence-corrected chi connectivity index (χ2v) is 7.67. The van der Waals surface area contributed by atoms with Crippen LogP contribution in [0.2, 0.25) is 0 Å². The first-order valence-corrected chi connectivity index (χ1v) is 8.74. The van der Waals surface area contributed by atoms with E-state index >= 15 is 0 Å². The second-order valence-electron chi connectivity index (χ2n) is 4.90. The Labute approximate surface area is 147 Å². The van der Waals surface area contributed by atoms with Crippen molar-refractivity contribution in [1.29, 1.82) is 0 Å². The van der Waals surface area contributed by atoms with E-state index in [9.17, 15) is 4.39 Å². The van der Waals surface area contributed by atoms with Gasteiger partial charge in [0, 0.05) is 5.56 Å². The summed E-state index contributed by atoms with van der Waals surface area (Å²) in [7, 11) is 0. The molecule has 4 heteroatoms. The van der Waals surface area contributed by atoms with Crippen LogP contribution in [0.5, 0.6) is 5.75 Å². The van der Waals surface area contributed by atoms with Gasteiger partial charge in [-0.1, -0.05) is 37.6 Å². The summed E-state index contributed by atoms with van der Waals surface area (Å²) < 4.78 is 20.4. The normalized spacial score (nSPS) is 10.4. The third-order valence-corrected chi connectivity index (χ3v) is 3.68. The molecule has 2 rings (SSSR count). The Morgan fingerprint density at radius 2 is 1.77 bits per heavy atom. The molecule has 0 aromatic heterocycles. The molecule has 0 unspecified atom stereocenters. The number of halogens is 3. The molecule has 0 heterocycles. The van der Waals surface area contributed by atoms with Gasteiger partial charge in [-0.25, -0.2) is 4.39 Å². The second kappa shape index (κ2) is 8.49. The average molecular weight is 428 g/mol. The van der Waals surface area contributed by atoms with Crippen molar-refractivity contribution >= 4 is 37.9 Å². The molecular formula is C18H17Br2FO.